The summed E-state index contributed by atoms with van der Waals surface area (Å²) in [6.07, 6.45) is 6.85. The first-order valence-corrected chi connectivity index (χ1v) is 5.28. The summed E-state index contributed by atoms with van der Waals surface area (Å²) in [7, 11) is 1.45. The van der Waals surface area contributed by atoms with Gasteiger partial charge in [0.2, 0.25) is 0 Å². The van der Waals surface area contributed by atoms with Crippen LogP contribution in [0.4, 0.5) is 0 Å². The first kappa shape index (κ1) is 14.1. The fourth-order valence-electron chi connectivity index (χ4n) is 1.44. The van der Waals surface area contributed by atoms with Crippen LogP contribution in [0.5, 0.6) is 0 Å². The highest BCUT2D eigenvalue weighted by atomic mass is 16.6. The average molecular weight is 253 g/mol. The fraction of sp³-hybridized carbons (Fsp3) is 0.417. The Morgan fingerprint density at radius 3 is 2.44 bits per heavy atom. The molecule has 0 aromatic heterocycles. The van der Waals surface area contributed by atoms with Crippen LogP contribution in [0.3, 0.4) is 0 Å². The van der Waals surface area contributed by atoms with Gasteiger partial charge in [0.1, 0.15) is 5.60 Å². The second kappa shape index (κ2) is 4.73. The standard InChI is InChI=1S/C12H15NO5/c1-11(13(16)17)6-7-12(2,18-3)5-4-9(8-11)10(14)15/h4-8H,1-3H3,(H,14,15). The van der Waals surface area contributed by atoms with E-state index in [9.17, 15) is 14.9 Å². The number of methoxy groups -OCH3 is 1. The molecule has 0 saturated carbocycles. The first-order chi connectivity index (χ1) is 8.22. The molecule has 0 aromatic carbocycles. The van der Waals surface area contributed by atoms with Crippen molar-refractivity contribution in [3.8, 4) is 0 Å². The molecule has 2 unspecified atom stereocenters. The number of carboxylic acid groups (broad SMARTS) is 1. The molecular formula is C12H15NO5. The number of ether oxygens (including phenoxy) is 1. The molecule has 0 amide bonds. The Bertz CT molecular complexity index is 465. The molecule has 0 bridgehead atoms. The Kier molecular flexibility index (Phi) is 3.71. The van der Waals surface area contributed by atoms with Crippen molar-refractivity contribution in [2.75, 3.05) is 7.11 Å². The van der Waals surface area contributed by atoms with Crippen LogP contribution in [0.15, 0.2) is 36.0 Å². The number of carboxylic acids is 1. The molecule has 1 aliphatic carbocycles. The van der Waals surface area contributed by atoms with E-state index < -0.39 is 22.0 Å². The zero-order valence-corrected chi connectivity index (χ0v) is 10.4. The van der Waals surface area contributed by atoms with E-state index >= 15 is 0 Å². The zero-order chi connectivity index (χ0) is 14.0. The first-order valence-electron chi connectivity index (χ1n) is 5.28. The third kappa shape index (κ3) is 2.84. The van der Waals surface area contributed by atoms with E-state index in [2.05, 4.69) is 0 Å². The summed E-state index contributed by atoms with van der Waals surface area (Å²) in [5.74, 6) is -1.21. The molecule has 1 aliphatic rings. The fourth-order valence-corrected chi connectivity index (χ4v) is 1.44. The van der Waals surface area contributed by atoms with E-state index in [0.717, 1.165) is 6.08 Å². The van der Waals surface area contributed by atoms with Crippen LogP contribution in [0.2, 0.25) is 0 Å². The topological polar surface area (TPSA) is 89.7 Å². The largest absolute Gasteiger partial charge is 0.478 e. The molecule has 0 aromatic rings. The highest BCUT2D eigenvalue weighted by molar-refractivity contribution is 5.90. The number of nitrogens with zero attached hydrogens (tertiary/aromatic N) is 1. The molecule has 0 aliphatic heterocycles. The Labute approximate surface area is 104 Å². The predicted octanol–water partition coefficient (Wildman–Crippen LogP) is 1.56. The van der Waals surface area contributed by atoms with Crippen molar-refractivity contribution in [3.63, 3.8) is 0 Å². The van der Waals surface area contributed by atoms with Crippen LogP contribution in [0.1, 0.15) is 13.8 Å². The quantitative estimate of drug-likeness (QED) is 0.468. The van der Waals surface area contributed by atoms with Crippen LogP contribution < -0.4 is 0 Å². The van der Waals surface area contributed by atoms with Gasteiger partial charge in [-0.2, -0.15) is 0 Å². The van der Waals surface area contributed by atoms with Crippen LogP contribution in [0.25, 0.3) is 0 Å². The number of carbonyl (C=O) groups is 1. The van der Waals surface area contributed by atoms with Gasteiger partial charge in [0.05, 0.1) is 5.57 Å². The van der Waals surface area contributed by atoms with Crippen molar-refractivity contribution in [3.05, 3.63) is 46.1 Å². The molecule has 0 saturated heterocycles. The lowest BCUT2D eigenvalue weighted by atomic mass is 9.91. The van der Waals surface area contributed by atoms with Crippen LogP contribution >= 0.6 is 0 Å². The molecule has 98 valence electrons. The maximum absolute atomic E-state index is 11.1. The monoisotopic (exact) mass is 253 g/mol. The van der Waals surface area contributed by atoms with Gasteiger partial charge in [-0.3, -0.25) is 10.1 Å². The Morgan fingerprint density at radius 1 is 1.39 bits per heavy atom. The van der Waals surface area contributed by atoms with Gasteiger partial charge in [-0.15, -0.1) is 0 Å². The molecule has 2 atom stereocenters. The van der Waals surface area contributed by atoms with Gasteiger partial charge in [-0.25, -0.2) is 4.79 Å². The normalized spacial score (nSPS) is 31.4. The lowest BCUT2D eigenvalue weighted by Gasteiger charge is -2.23. The van der Waals surface area contributed by atoms with Crippen molar-refractivity contribution in [1.82, 2.24) is 0 Å². The summed E-state index contributed by atoms with van der Waals surface area (Å²) in [6, 6.07) is 0. The molecule has 0 radical (unpaired) electrons. The number of hydrogen-bond acceptors (Lipinski definition) is 4. The summed E-state index contributed by atoms with van der Waals surface area (Å²) in [5, 5.41) is 20.1. The molecular weight excluding hydrogens is 238 g/mol. The van der Waals surface area contributed by atoms with E-state index in [1.807, 2.05) is 0 Å². The molecule has 18 heavy (non-hydrogen) atoms. The molecule has 0 spiro atoms. The second-order valence-electron chi connectivity index (χ2n) is 4.44. The molecule has 1 N–H and O–H groups in total. The Morgan fingerprint density at radius 2 is 2.00 bits per heavy atom. The van der Waals surface area contributed by atoms with Crippen molar-refractivity contribution in [2.24, 2.45) is 0 Å². The highest BCUT2D eigenvalue weighted by Gasteiger charge is 2.35. The number of hydrogen-bond donors (Lipinski definition) is 1. The number of nitro groups is 1. The maximum atomic E-state index is 11.1. The van der Waals surface area contributed by atoms with E-state index in [4.69, 9.17) is 9.84 Å². The predicted molar refractivity (Wildman–Crippen MR) is 64.8 cm³/mol. The van der Waals surface area contributed by atoms with Crippen LogP contribution in [0, 0.1) is 10.1 Å². The lowest BCUT2D eigenvalue weighted by molar-refractivity contribution is -0.535. The van der Waals surface area contributed by atoms with Gasteiger partial charge in [0, 0.05) is 25.0 Å². The lowest BCUT2D eigenvalue weighted by Crippen LogP contribution is -2.34. The van der Waals surface area contributed by atoms with Gasteiger partial charge in [0.25, 0.3) is 5.54 Å². The van der Waals surface area contributed by atoms with Gasteiger partial charge in [0.15, 0.2) is 0 Å². The van der Waals surface area contributed by atoms with Crippen molar-refractivity contribution >= 4 is 5.97 Å². The number of aliphatic carboxylic acids is 1. The Hall–Kier alpha value is -1.95. The summed E-state index contributed by atoms with van der Waals surface area (Å²) < 4.78 is 5.20. The van der Waals surface area contributed by atoms with Gasteiger partial charge >= 0.3 is 5.97 Å². The highest BCUT2D eigenvalue weighted by Crippen LogP contribution is 2.24. The van der Waals surface area contributed by atoms with Gasteiger partial charge in [-0.05, 0) is 31.2 Å². The summed E-state index contributed by atoms with van der Waals surface area (Å²) in [4.78, 5) is 21.5. The third-order valence-electron chi connectivity index (χ3n) is 2.87. The van der Waals surface area contributed by atoms with E-state index in [-0.39, 0.29) is 5.57 Å². The molecule has 0 fully saturated rings. The second-order valence-corrected chi connectivity index (χ2v) is 4.44. The molecule has 1 rings (SSSR count). The third-order valence-corrected chi connectivity index (χ3v) is 2.87. The van der Waals surface area contributed by atoms with Crippen LogP contribution in [-0.2, 0) is 9.53 Å². The van der Waals surface area contributed by atoms with Crippen molar-refractivity contribution < 1.29 is 19.6 Å². The van der Waals surface area contributed by atoms with Crippen molar-refractivity contribution in [1.29, 1.82) is 0 Å². The zero-order valence-electron chi connectivity index (χ0n) is 10.4. The van der Waals surface area contributed by atoms with Crippen LogP contribution in [-0.4, -0.2) is 34.2 Å². The van der Waals surface area contributed by atoms with E-state index in [1.165, 1.54) is 26.2 Å². The summed E-state index contributed by atoms with van der Waals surface area (Å²) in [6.45, 7) is 3.02. The minimum Gasteiger partial charge on any atom is -0.478 e. The SMILES string of the molecule is COC1(C)C=CC(C(=O)O)=CC(C)([N+](=O)[O-])C=C1. The molecule has 6 heteroatoms. The van der Waals surface area contributed by atoms with E-state index in [1.54, 1.807) is 19.1 Å². The minimum atomic E-state index is -1.57. The number of rotatable bonds is 3. The molecule has 6 nitrogen and oxygen atoms in total. The molecule has 0 heterocycles. The van der Waals surface area contributed by atoms with Crippen molar-refractivity contribution in [2.45, 2.75) is 25.0 Å². The summed E-state index contributed by atoms with van der Waals surface area (Å²) >= 11 is 0. The van der Waals surface area contributed by atoms with Gasteiger partial charge in [-0.1, -0.05) is 0 Å². The van der Waals surface area contributed by atoms with E-state index in [0.29, 0.717) is 0 Å². The Balaban J connectivity index is 3.40. The average Bonchev–Trinajstić information content (AvgIpc) is 2.29. The maximum Gasteiger partial charge on any atom is 0.335 e. The summed E-state index contributed by atoms with van der Waals surface area (Å²) in [5.41, 5.74) is -2.58. The minimum absolute atomic E-state index is 0.137. The van der Waals surface area contributed by atoms with Gasteiger partial charge < -0.3 is 9.84 Å². The smallest absolute Gasteiger partial charge is 0.335 e.